The van der Waals surface area contributed by atoms with Crippen LogP contribution in [0.5, 0.6) is 0 Å². The fourth-order valence-corrected chi connectivity index (χ4v) is 1.34. The van der Waals surface area contributed by atoms with Gasteiger partial charge in [0.2, 0.25) is 0 Å². The molecule has 1 aromatic rings. The van der Waals surface area contributed by atoms with Crippen molar-refractivity contribution in [2.75, 3.05) is 0 Å². The molecule has 0 spiro atoms. The molecule has 0 atom stereocenters. The van der Waals surface area contributed by atoms with E-state index in [9.17, 15) is 4.79 Å². The van der Waals surface area contributed by atoms with Crippen molar-refractivity contribution in [1.29, 1.82) is 0 Å². The summed E-state index contributed by atoms with van der Waals surface area (Å²) in [6.45, 7) is 5.88. The SMILES string of the molecule is Cc1cc(C)c([C-]=O)c(C)c1.O=PO.[Na+]. The molecule has 3 nitrogen and oxygen atoms in total. The maximum atomic E-state index is 10.4. The summed E-state index contributed by atoms with van der Waals surface area (Å²) < 4.78 is 8.46. The molecule has 1 N–H and O–H groups in total. The minimum Gasteiger partial charge on any atom is -0.376 e. The predicted molar refractivity (Wildman–Crippen MR) is 55.3 cm³/mol. The van der Waals surface area contributed by atoms with Gasteiger partial charge in [-0.2, -0.15) is 0 Å². The van der Waals surface area contributed by atoms with E-state index in [4.69, 9.17) is 9.46 Å². The largest absolute Gasteiger partial charge is 1.00 e. The van der Waals surface area contributed by atoms with Crippen LogP contribution in [0.2, 0.25) is 0 Å². The second-order valence-electron chi connectivity index (χ2n) is 2.96. The zero-order valence-electron chi connectivity index (χ0n) is 9.37. The molecule has 0 aliphatic heterocycles. The Morgan fingerprint density at radius 3 is 1.80 bits per heavy atom. The first-order valence-electron chi connectivity index (χ1n) is 3.99. The summed E-state index contributed by atoms with van der Waals surface area (Å²) in [4.78, 5) is 17.4. The molecule has 0 saturated heterocycles. The Hall–Kier alpha value is -0.0500. The summed E-state index contributed by atoms with van der Waals surface area (Å²) >= 11 is 0. The molecule has 0 heterocycles. The Kier molecular flexibility index (Phi) is 10.6. The number of benzene rings is 1. The van der Waals surface area contributed by atoms with E-state index in [1.807, 2.05) is 39.2 Å². The number of carbonyl (C=O) groups excluding carboxylic acids is 1. The van der Waals surface area contributed by atoms with Gasteiger partial charge in [0, 0.05) is 0 Å². The Labute approximate surface area is 113 Å². The van der Waals surface area contributed by atoms with Crippen molar-refractivity contribution in [3.8, 4) is 0 Å². The van der Waals surface area contributed by atoms with Crippen LogP contribution in [0.1, 0.15) is 22.3 Å². The van der Waals surface area contributed by atoms with Crippen LogP contribution in [0.15, 0.2) is 12.1 Å². The predicted octanol–water partition coefficient (Wildman–Crippen LogP) is -0.741. The van der Waals surface area contributed by atoms with Crippen LogP contribution >= 0.6 is 8.69 Å². The maximum Gasteiger partial charge on any atom is 1.00 e. The average molecular weight is 234 g/mol. The number of aryl methyl sites for hydroxylation is 3. The number of hydrogen-bond acceptors (Lipinski definition) is 2. The molecular formula is C10H12NaO3P. The Bertz CT molecular complexity index is 316. The molecule has 0 unspecified atom stereocenters. The van der Waals surface area contributed by atoms with Gasteiger partial charge in [-0.05, 0) is 6.92 Å². The summed E-state index contributed by atoms with van der Waals surface area (Å²) in [7, 11) is -0.833. The van der Waals surface area contributed by atoms with Crippen molar-refractivity contribution in [3.63, 3.8) is 0 Å². The van der Waals surface area contributed by atoms with Gasteiger partial charge in [-0.15, -0.1) is 28.8 Å². The molecule has 0 bridgehead atoms. The molecule has 0 aliphatic carbocycles. The molecule has 15 heavy (non-hydrogen) atoms. The monoisotopic (exact) mass is 234 g/mol. The minimum absolute atomic E-state index is 0. The molecule has 0 amide bonds. The first-order valence-corrected chi connectivity index (χ1v) is 4.76. The molecular weight excluding hydrogens is 222 g/mol. The Morgan fingerprint density at radius 1 is 1.20 bits per heavy atom. The summed E-state index contributed by atoms with van der Waals surface area (Å²) in [5.41, 5.74) is 3.92. The summed E-state index contributed by atoms with van der Waals surface area (Å²) in [5.74, 6) is 0. The molecule has 1 rings (SSSR count). The third-order valence-corrected chi connectivity index (χ3v) is 1.78. The quantitative estimate of drug-likeness (QED) is 0.395. The van der Waals surface area contributed by atoms with Crippen LogP contribution in [-0.4, -0.2) is 11.2 Å². The number of rotatable bonds is 1. The van der Waals surface area contributed by atoms with Gasteiger partial charge in [0.1, 0.15) is 0 Å². The minimum atomic E-state index is -0.833. The van der Waals surface area contributed by atoms with E-state index >= 15 is 0 Å². The van der Waals surface area contributed by atoms with E-state index in [0.29, 0.717) is 5.56 Å². The standard InChI is InChI=1S/C10H11O.Na.HO2P/c1-7-4-8(2)10(6-11)9(3)5-7;;1-3-2/h4-5H,1-3H3;;(H,1,2)/q-1;+1;. The van der Waals surface area contributed by atoms with Crippen LogP contribution in [0.4, 0.5) is 0 Å². The van der Waals surface area contributed by atoms with Gasteiger partial charge in [0.15, 0.2) is 0 Å². The molecule has 0 aromatic heterocycles. The fraction of sp³-hybridized carbons (Fsp3) is 0.300. The van der Waals surface area contributed by atoms with E-state index < -0.39 is 8.69 Å². The molecule has 1 aromatic carbocycles. The van der Waals surface area contributed by atoms with E-state index in [-0.39, 0.29) is 29.6 Å². The third-order valence-electron chi connectivity index (χ3n) is 1.78. The van der Waals surface area contributed by atoms with Crippen LogP contribution in [-0.2, 0) is 9.36 Å². The van der Waals surface area contributed by atoms with Gasteiger partial charge in [0.05, 0.1) is 6.29 Å². The van der Waals surface area contributed by atoms with Crippen molar-refractivity contribution >= 4 is 15.0 Å². The normalized spacial score (nSPS) is 8.53. The van der Waals surface area contributed by atoms with Gasteiger partial charge >= 0.3 is 38.2 Å². The molecule has 0 fully saturated rings. The average Bonchev–Trinajstić information content (AvgIpc) is 2.04. The fourth-order valence-electron chi connectivity index (χ4n) is 1.34. The molecule has 0 saturated carbocycles. The van der Waals surface area contributed by atoms with Gasteiger partial charge < -0.3 is 9.69 Å². The van der Waals surface area contributed by atoms with Crippen LogP contribution in [0.3, 0.4) is 0 Å². The summed E-state index contributed by atoms with van der Waals surface area (Å²) in [5, 5.41) is 0. The van der Waals surface area contributed by atoms with Gasteiger partial charge in [0.25, 0.3) is 0 Å². The molecule has 0 aliphatic rings. The summed E-state index contributed by atoms with van der Waals surface area (Å²) in [6.07, 6.45) is 1.94. The van der Waals surface area contributed by atoms with Crippen molar-refractivity contribution in [2.45, 2.75) is 20.8 Å². The molecule has 5 heteroatoms. The molecule has 0 radical (unpaired) electrons. The summed E-state index contributed by atoms with van der Waals surface area (Å²) in [6, 6.07) is 3.99. The van der Waals surface area contributed by atoms with Gasteiger partial charge in [-0.25, -0.2) is 4.57 Å². The van der Waals surface area contributed by atoms with Crippen LogP contribution in [0, 0.1) is 20.8 Å². The van der Waals surface area contributed by atoms with E-state index in [0.717, 1.165) is 11.1 Å². The van der Waals surface area contributed by atoms with Crippen molar-refractivity contribution < 1.29 is 43.8 Å². The maximum absolute atomic E-state index is 10.4. The Balaban J connectivity index is 0. The van der Waals surface area contributed by atoms with E-state index in [1.54, 1.807) is 0 Å². The van der Waals surface area contributed by atoms with Crippen molar-refractivity contribution in [1.82, 2.24) is 0 Å². The first kappa shape index (κ1) is 17.3. The topological polar surface area (TPSA) is 54.4 Å². The van der Waals surface area contributed by atoms with Gasteiger partial charge in [-0.1, -0.05) is 19.4 Å². The molecule has 76 valence electrons. The first-order chi connectivity index (χ1) is 6.56. The smallest absolute Gasteiger partial charge is 0.376 e. The van der Waals surface area contributed by atoms with Crippen molar-refractivity contribution in [2.24, 2.45) is 0 Å². The van der Waals surface area contributed by atoms with Crippen LogP contribution in [0.25, 0.3) is 0 Å². The van der Waals surface area contributed by atoms with Crippen LogP contribution < -0.4 is 29.6 Å². The van der Waals surface area contributed by atoms with E-state index in [1.165, 1.54) is 5.56 Å². The number of hydrogen-bond donors (Lipinski definition) is 1. The van der Waals surface area contributed by atoms with E-state index in [2.05, 4.69) is 0 Å². The van der Waals surface area contributed by atoms with Gasteiger partial charge in [-0.3, -0.25) is 0 Å². The zero-order chi connectivity index (χ0) is 11.1. The Morgan fingerprint density at radius 2 is 1.53 bits per heavy atom. The zero-order valence-corrected chi connectivity index (χ0v) is 12.3. The van der Waals surface area contributed by atoms with Crippen molar-refractivity contribution in [3.05, 3.63) is 34.4 Å². The second-order valence-corrected chi connectivity index (χ2v) is 3.12. The second kappa shape index (κ2) is 9.20. The third kappa shape index (κ3) is 6.18.